The van der Waals surface area contributed by atoms with Crippen molar-refractivity contribution in [3.8, 4) is 0 Å². The normalized spacial score (nSPS) is 20.0. The number of thioether (sulfide) groups is 1. The minimum atomic E-state index is -3.33. The predicted molar refractivity (Wildman–Crippen MR) is 121 cm³/mol. The van der Waals surface area contributed by atoms with Gasteiger partial charge in [0.15, 0.2) is 9.84 Å². The van der Waals surface area contributed by atoms with Crippen molar-refractivity contribution in [2.45, 2.75) is 49.1 Å². The van der Waals surface area contributed by atoms with Crippen LogP contribution in [0.4, 0.5) is 5.69 Å². The zero-order chi connectivity index (χ0) is 21.5. The molecule has 1 aliphatic carbocycles. The van der Waals surface area contributed by atoms with Gasteiger partial charge < -0.3 is 14.6 Å². The standard InChI is InChI=1S/C21H27N3O4S2/c1-24-18(21-23-15(12-29-21)10-19(25)28-2)9-13-8-16(30(3,26)27)11-17(20(13)24)22-14-6-4-5-7-14/h8-9,11,14-15,22H,4-7,10,12H2,1-3H3/t15-/m1/s1. The molecule has 2 aliphatic rings. The third-order valence-electron chi connectivity index (χ3n) is 5.81. The van der Waals surface area contributed by atoms with Crippen molar-refractivity contribution in [3.63, 3.8) is 0 Å². The van der Waals surface area contributed by atoms with Crippen molar-refractivity contribution in [1.29, 1.82) is 0 Å². The Morgan fingerprint density at radius 2 is 2.03 bits per heavy atom. The highest BCUT2D eigenvalue weighted by molar-refractivity contribution is 8.14. The number of carbonyl (C=O) groups excluding carboxylic acids is 1. The number of carbonyl (C=O) groups is 1. The van der Waals surface area contributed by atoms with Crippen LogP contribution in [0.15, 0.2) is 28.1 Å². The van der Waals surface area contributed by atoms with Crippen LogP contribution in [0.5, 0.6) is 0 Å². The van der Waals surface area contributed by atoms with E-state index in [4.69, 9.17) is 9.73 Å². The van der Waals surface area contributed by atoms with Crippen LogP contribution < -0.4 is 5.32 Å². The van der Waals surface area contributed by atoms with Gasteiger partial charge in [-0.3, -0.25) is 9.79 Å². The van der Waals surface area contributed by atoms with Crippen LogP contribution in [0.1, 0.15) is 37.8 Å². The molecule has 0 spiro atoms. The predicted octanol–water partition coefficient (Wildman–Crippen LogP) is 3.36. The number of rotatable bonds is 6. The molecule has 9 heteroatoms. The Hall–Kier alpha value is -2.00. The number of aliphatic imine (C=N–C) groups is 1. The van der Waals surface area contributed by atoms with Crippen LogP contribution in [0.3, 0.4) is 0 Å². The first kappa shape index (κ1) is 21.2. The van der Waals surface area contributed by atoms with Crippen LogP contribution in [-0.4, -0.2) is 55.2 Å². The zero-order valence-electron chi connectivity index (χ0n) is 17.5. The highest BCUT2D eigenvalue weighted by atomic mass is 32.2. The molecule has 7 nitrogen and oxygen atoms in total. The number of anilines is 1. The topological polar surface area (TPSA) is 89.8 Å². The van der Waals surface area contributed by atoms with Gasteiger partial charge in [-0.2, -0.15) is 0 Å². The minimum Gasteiger partial charge on any atom is -0.469 e. The largest absolute Gasteiger partial charge is 0.469 e. The number of nitrogens with one attached hydrogen (secondary N) is 1. The van der Waals surface area contributed by atoms with Gasteiger partial charge >= 0.3 is 5.97 Å². The van der Waals surface area contributed by atoms with E-state index in [-0.39, 0.29) is 18.4 Å². The molecule has 1 atom stereocenters. The lowest BCUT2D eigenvalue weighted by atomic mass is 10.2. The fraction of sp³-hybridized carbons (Fsp3) is 0.524. The Morgan fingerprint density at radius 1 is 1.30 bits per heavy atom. The maximum absolute atomic E-state index is 12.3. The fourth-order valence-electron chi connectivity index (χ4n) is 4.23. The Bertz CT molecular complexity index is 1110. The molecular formula is C21H27N3O4S2. The van der Waals surface area contributed by atoms with E-state index in [0.717, 1.165) is 45.9 Å². The second kappa shape index (κ2) is 8.26. The molecule has 1 aromatic heterocycles. The monoisotopic (exact) mass is 449 g/mol. The molecule has 1 saturated carbocycles. The molecule has 162 valence electrons. The minimum absolute atomic E-state index is 0.0990. The third kappa shape index (κ3) is 4.23. The van der Waals surface area contributed by atoms with E-state index >= 15 is 0 Å². The summed E-state index contributed by atoms with van der Waals surface area (Å²) in [6.07, 6.45) is 6.09. The summed E-state index contributed by atoms with van der Waals surface area (Å²) >= 11 is 1.62. The molecule has 0 radical (unpaired) electrons. The molecule has 1 aliphatic heterocycles. The molecule has 0 amide bonds. The molecule has 0 saturated heterocycles. The summed E-state index contributed by atoms with van der Waals surface area (Å²) in [6, 6.07) is 5.75. The molecule has 2 heterocycles. The Kier molecular flexibility index (Phi) is 5.85. The highest BCUT2D eigenvalue weighted by Crippen LogP contribution is 2.35. The van der Waals surface area contributed by atoms with Crippen LogP contribution in [-0.2, 0) is 26.4 Å². The molecule has 0 bridgehead atoms. The average molecular weight is 450 g/mol. The van der Waals surface area contributed by atoms with Gasteiger partial charge in [0.05, 0.1) is 41.4 Å². The number of esters is 1. The van der Waals surface area contributed by atoms with E-state index < -0.39 is 9.84 Å². The molecule has 30 heavy (non-hydrogen) atoms. The van der Waals surface area contributed by atoms with Gasteiger partial charge in [-0.15, -0.1) is 11.8 Å². The SMILES string of the molecule is COC(=O)C[C@@H]1CSC(c2cc3cc(S(C)(=O)=O)cc(NC4CCCC4)c3n2C)=N1. The lowest BCUT2D eigenvalue weighted by molar-refractivity contribution is -0.140. The van der Waals surface area contributed by atoms with E-state index in [1.807, 2.05) is 13.1 Å². The first-order chi connectivity index (χ1) is 14.3. The maximum Gasteiger partial charge on any atom is 0.307 e. The number of hydrogen-bond acceptors (Lipinski definition) is 7. The Morgan fingerprint density at radius 3 is 2.70 bits per heavy atom. The summed E-state index contributed by atoms with van der Waals surface area (Å²) in [5.74, 6) is 0.469. The number of aromatic nitrogens is 1. The van der Waals surface area contributed by atoms with Crippen molar-refractivity contribution in [2.24, 2.45) is 12.0 Å². The summed E-state index contributed by atoms with van der Waals surface area (Å²) < 4.78 is 31.4. The fourth-order valence-corrected chi connectivity index (χ4v) is 6.02. The molecule has 1 N–H and O–H groups in total. The van der Waals surface area contributed by atoms with Gasteiger partial charge in [0, 0.05) is 30.5 Å². The number of nitrogens with zero attached hydrogens (tertiary/aromatic N) is 2. The highest BCUT2D eigenvalue weighted by Gasteiger charge is 2.26. The molecule has 2 aromatic rings. The lowest BCUT2D eigenvalue weighted by Gasteiger charge is -2.17. The average Bonchev–Trinajstić information content (AvgIpc) is 3.42. The summed E-state index contributed by atoms with van der Waals surface area (Å²) in [5, 5.41) is 5.33. The van der Waals surface area contributed by atoms with E-state index in [1.165, 1.54) is 26.2 Å². The van der Waals surface area contributed by atoms with Gasteiger partial charge in [0.2, 0.25) is 0 Å². The molecule has 1 fully saturated rings. The van der Waals surface area contributed by atoms with Crippen LogP contribution >= 0.6 is 11.8 Å². The van der Waals surface area contributed by atoms with Gasteiger partial charge in [-0.05, 0) is 31.0 Å². The number of hydrogen-bond donors (Lipinski definition) is 1. The van der Waals surface area contributed by atoms with Crippen LogP contribution in [0, 0.1) is 0 Å². The molecule has 1 aromatic carbocycles. The van der Waals surface area contributed by atoms with Gasteiger partial charge in [-0.1, -0.05) is 12.8 Å². The number of methoxy groups -OCH3 is 1. The number of aryl methyl sites for hydroxylation is 1. The number of benzene rings is 1. The van der Waals surface area contributed by atoms with Crippen molar-refractivity contribution in [3.05, 3.63) is 23.9 Å². The zero-order valence-corrected chi connectivity index (χ0v) is 19.1. The van der Waals surface area contributed by atoms with E-state index in [9.17, 15) is 13.2 Å². The number of sulfone groups is 1. The van der Waals surface area contributed by atoms with Crippen LogP contribution in [0.25, 0.3) is 10.9 Å². The first-order valence-corrected chi connectivity index (χ1v) is 13.0. The van der Waals surface area contributed by atoms with E-state index in [2.05, 4.69) is 9.88 Å². The molecule has 0 unspecified atom stereocenters. The van der Waals surface area contributed by atoms with Crippen molar-refractivity contribution >= 4 is 49.2 Å². The van der Waals surface area contributed by atoms with E-state index in [1.54, 1.807) is 23.9 Å². The second-order valence-electron chi connectivity index (χ2n) is 8.07. The summed E-state index contributed by atoms with van der Waals surface area (Å²) in [7, 11) is 0.0323. The summed E-state index contributed by atoms with van der Waals surface area (Å²) in [5.41, 5.74) is 2.76. The van der Waals surface area contributed by atoms with Gasteiger partial charge in [-0.25, -0.2) is 8.42 Å². The maximum atomic E-state index is 12.3. The Balaban J connectivity index is 1.76. The number of fused-ring (bicyclic) bond motifs is 1. The first-order valence-electron chi connectivity index (χ1n) is 10.1. The lowest BCUT2D eigenvalue weighted by Crippen LogP contribution is -2.16. The van der Waals surface area contributed by atoms with Crippen molar-refractivity contribution in [2.75, 3.05) is 24.4 Å². The second-order valence-corrected chi connectivity index (χ2v) is 11.1. The Labute approximate surface area is 181 Å². The van der Waals surface area contributed by atoms with E-state index in [0.29, 0.717) is 10.9 Å². The van der Waals surface area contributed by atoms with Gasteiger partial charge in [0.1, 0.15) is 5.04 Å². The third-order valence-corrected chi connectivity index (χ3v) is 8.04. The van der Waals surface area contributed by atoms with Gasteiger partial charge in [0.25, 0.3) is 0 Å². The molecule has 4 rings (SSSR count). The summed E-state index contributed by atoms with van der Waals surface area (Å²) in [4.78, 5) is 16.6. The quantitative estimate of drug-likeness (QED) is 0.680. The summed E-state index contributed by atoms with van der Waals surface area (Å²) in [6.45, 7) is 0. The van der Waals surface area contributed by atoms with Crippen LogP contribution in [0.2, 0.25) is 0 Å². The van der Waals surface area contributed by atoms with Crippen molar-refractivity contribution in [1.82, 2.24) is 4.57 Å². The smallest absolute Gasteiger partial charge is 0.307 e. The van der Waals surface area contributed by atoms with Crippen molar-refractivity contribution < 1.29 is 17.9 Å². The molecular weight excluding hydrogens is 422 g/mol. The number of ether oxygens (including phenoxy) is 1.